The van der Waals surface area contributed by atoms with Crippen LogP contribution in [0.2, 0.25) is 0 Å². The molecule has 11 heteroatoms. The van der Waals surface area contributed by atoms with E-state index in [9.17, 15) is 35.7 Å². The van der Waals surface area contributed by atoms with Crippen molar-refractivity contribution in [2.45, 2.75) is 244 Å². The van der Waals surface area contributed by atoms with E-state index in [0.29, 0.717) is 18.3 Å². The Morgan fingerprint density at radius 3 is 1.84 bits per heavy atom. The van der Waals surface area contributed by atoms with Crippen LogP contribution in [0.15, 0.2) is 35.5 Å². The quantitative estimate of drug-likeness (QED) is 0.105. The highest BCUT2D eigenvalue weighted by atomic mass is 17.2. The van der Waals surface area contributed by atoms with Gasteiger partial charge in [-0.05, 0) is 144 Å². The molecule has 0 aromatic carbocycles. The van der Waals surface area contributed by atoms with Gasteiger partial charge in [0.15, 0.2) is 0 Å². The van der Waals surface area contributed by atoms with Crippen LogP contribution in [0.3, 0.4) is 0 Å². The van der Waals surface area contributed by atoms with Gasteiger partial charge in [-0.3, -0.25) is 0 Å². The molecule has 24 atom stereocenters. The van der Waals surface area contributed by atoms with Crippen molar-refractivity contribution >= 4 is 0 Å². The molecule has 384 valence electrons. The van der Waals surface area contributed by atoms with E-state index in [0.717, 1.165) is 70.6 Å². The van der Waals surface area contributed by atoms with Crippen LogP contribution in [-0.4, -0.2) is 113 Å². The van der Waals surface area contributed by atoms with Crippen LogP contribution in [0.4, 0.5) is 0 Å². The first-order valence-corrected chi connectivity index (χ1v) is 27.0. The largest absolute Gasteiger partial charge is 0.393 e. The summed E-state index contributed by atoms with van der Waals surface area (Å²) in [6, 6.07) is 0. The van der Waals surface area contributed by atoms with Crippen LogP contribution in [0.1, 0.15) is 167 Å². The molecular weight excluding hydrogens is 861 g/mol. The zero-order chi connectivity index (χ0) is 49.5. The topological polar surface area (TPSA) is 179 Å². The molecule has 12 rings (SSSR count). The van der Waals surface area contributed by atoms with Crippen molar-refractivity contribution in [2.75, 3.05) is 0 Å². The average Bonchev–Trinajstić information content (AvgIpc) is 3.92. The van der Waals surface area contributed by atoms with Gasteiger partial charge >= 0.3 is 0 Å². The van der Waals surface area contributed by atoms with Gasteiger partial charge in [-0.15, -0.1) is 0 Å². The normalized spacial score (nSPS) is 54.8. The van der Waals surface area contributed by atoms with E-state index in [-0.39, 0.29) is 81.1 Å². The van der Waals surface area contributed by atoms with Gasteiger partial charge in [0.05, 0.1) is 53.4 Å². The van der Waals surface area contributed by atoms with Crippen molar-refractivity contribution in [1.82, 2.24) is 0 Å². The number of hydrogen-bond acceptors (Lipinski definition) is 11. The van der Waals surface area contributed by atoms with E-state index in [1.807, 2.05) is 13.8 Å². The Morgan fingerprint density at radius 1 is 0.647 bits per heavy atom. The third kappa shape index (κ3) is 6.74. The molecule has 6 saturated carbocycles. The summed E-state index contributed by atoms with van der Waals surface area (Å²) in [6.45, 7) is 26.8. The standard InChI is InChI=1S/C29H46O4.C28H44O7/c1-16(26(2,3)4)23(31)25-29(7,32)24-22(33-25)15-21-19-9-8-17-14-18(30)10-12-27(17,5)20(19)11-13-28(21,24)6;1-15(23(2,3)31)20(30)22-26(6,32)21-17(33-22)13-19-24(21,4)9-8-18-25(5)10-7-16(29)14-27(25)11-12-28(18,19)35-34-27/h8-9,16,18,20-25,30-32H,10-15H2,1-7H3;11-12,15-22,29-32H,7-10,13-14H2,1-6H3. The lowest BCUT2D eigenvalue weighted by Crippen LogP contribution is -2.73. The van der Waals surface area contributed by atoms with E-state index in [1.54, 1.807) is 26.3 Å². The van der Waals surface area contributed by atoms with Crippen LogP contribution in [-0.2, 0) is 19.2 Å². The van der Waals surface area contributed by atoms with Gasteiger partial charge in [0.25, 0.3) is 0 Å². The van der Waals surface area contributed by atoms with Crippen LogP contribution < -0.4 is 0 Å². The highest BCUT2D eigenvalue weighted by Crippen LogP contribution is 2.75. The fourth-order valence-electron chi connectivity index (χ4n) is 18.7. The Kier molecular flexibility index (Phi) is 11.6. The molecule has 0 radical (unpaired) electrons. The predicted molar refractivity (Wildman–Crippen MR) is 258 cm³/mol. The van der Waals surface area contributed by atoms with E-state index >= 15 is 0 Å². The monoisotopic (exact) mass is 951 g/mol. The Balaban J connectivity index is 0.000000159. The van der Waals surface area contributed by atoms with Crippen molar-refractivity contribution in [3.8, 4) is 0 Å². The molecular formula is C57H90O11. The average molecular weight is 951 g/mol. The van der Waals surface area contributed by atoms with Gasteiger partial charge in [-0.2, -0.15) is 0 Å². The fourth-order valence-corrected chi connectivity index (χ4v) is 18.7. The zero-order valence-electron chi connectivity index (χ0n) is 43.8. The summed E-state index contributed by atoms with van der Waals surface area (Å²) in [5.74, 6) is 0.787. The lowest BCUT2D eigenvalue weighted by atomic mass is 9.42. The van der Waals surface area contributed by atoms with Gasteiger partial charge in [0.1, 0.15) is 23.4 Å². The summed E-state index contributed by atoms with van der Waals surface area (Å²) < 4.78 is 13.1. The number of ether oxygens (including phenoxy) is 2. The first-order chi connectivity index (χ1) is 31.3. The molecule has 9 fully saturated rings. The van der Waals surface area contributed by atoms with E-state index in [1.165, 1.54) is 5.57 Å². The predicted octanol–water partition coefficient (Wildman–Crippen LogP) is 7.90. The number of hydrogen-bond donors (Lipinski definition) is 7. The molecule has 3 saturated heterocycles. The SMILES string of the molecule is CC(C(O)C1OC2CC3C(C)(CCC4C35C=CC3(CC(O)CCC43C)OO5)C2C1(C)O)C(C)(C)O.CC(C(O)C1OC2CC3C4=CC=C5CC(O)CCC5(C)C4CCC3(C)C2C1(C)O)C(C)(C)C. The second kappa shape index (κ2) is 15.7. The highest BCUT2D eigenvalue weighted by molar-refractivity contribution is 5.40. The summed E-state index contributed by atoms with van der Waals surface area (Å²) >= 11 is 0. The lowest BCUT2D eigenvalue weighted by Gasteiger charge is -2.69. The molecule has 2 bridgehead atoms. The van der Waals surface area contributed by atoms with Gasteiger partial charge in [0, 0.05) is 41.4 Å². The van der Waals surface area contributed by atoms with Crippen molar-refractivity contribution in [1.29, 1.82) is 0 Å². The lowest BCUT2D eigenvalue weighted by molar-refractivity contribution is -0.498. The third-order valence-corrected chi connectivity index (χ3v) is 23.4. The zero-order valence-corrected chi connectivity index (χ0v) is 43.8. The number of fused-ring (bicyclic) bond motifs is 11. The summed E-state index contributed by atoms with van der Waals surface area (Å²) in [5, 5.41) is 77.5. The van der Waals surface area contributed by atoms with Gasteiger partial charge in [-0.25, -0.2) is 9.78 Å². The first kappa shape index (κ1) is 50.3. The molecule has 12 aliphatic rings. The number of rotatable bonds is 5. The Hall–Kier alpha value is -1.22. The number of aliphatic hydroxyl groups is 7. The van der Waals surface area contributed by atoms with Crippen molar-refractivity contribution in [3.63, 3.8) is 0 Å². The van der Waals surface area contributed by atoms with Crippen LogP contribution in [0.5, 0.6) is 0 Å². The third-order valence-electron chi connectivity index (χ3n) is 23.4. The maximum Gasteiger partial charge on any atom is 0.130 e. The molecule has 7 N–H and O–H groups in total. The van der Waals surface area contributed by atoms with Crippen LogP contribution in [0, 0.1) is 74.4 Å². The molecule has 0 amide bonds. The maximum absolute atomic E-state index is 12.0. The van der Waals surface area contributed by atoms with Crippen molar-refractivity contribution in [3.05, 3.63) is 35.5 Å². The highest BCUT2D eigenvalue weighted by Gasteiger charge is 2.78. The van der Waals surface area contributed by atoms with E-state index < -0.39 is 58.3 Å². The van der Waals surface area contributed by atoms with Crippen LogP contribution in [0.25, 0.3) is 0 Å². The van der Waals surface area contributed by atoms with Crippen molar-refractivity contribution < 1.29 is 55.0 Å². The molecule has 11 nitrogen and oxygen atoms in total. The minimum atomic E-state index is -1.24. The Bertz CT molecular complexity index is 2080. The minimum absolute atomic E-state index is 0.00664. The van der Waals surface area contributed by atoms with E-state index in [4.69, 9.17) is 19.2 Å². The number of allylic oxidation sites excluding steroid dienone is 3. The molecule has 8 aliphatic carbocycles. The van der Waals surface area contributed by atoms with Gasteiger partial charge < -0.3 is 45.2 Å². The molecule has 0 aromatic heterocycles. The molecule has 4 heterocycles. The number of aliphatic hydroxyl groups excluding tert-OH is 4. The summed E-state index contributed by atoms with van der Waals surface area (Å²) in [6.07, 6.45) is 16.1. The summed E-state index contributed by atoms with van der Waals surface area (Å²) in [5.41, 5.74) is -1.83. The summed E-state index contributed by atoms with van der Waals surface area (Å²) in [4.78, 5) is 12.6. The summed E-state index contributed by atoms with van der Waals surface area (Å²) in [7, 11) is 0. The smallest absolute Gasteiger partial charge is 0.130 e. The fraction of sp³-hybridized carbons (Fsp3) is 0.895. The second-order valence-corrected chi connectivity index (χ2v) is 28.2. The molecule has 0 aromatic rings. The Labute approximate surface area is 407 Å². The minimum Gasteiger partial charge on any atom is -0.393 e. The Morgan fingerprint density at radius 2 is 1.24 bits per heavy atom. The van der Waals surface area contributed by atoms with Gasteiger partial charge in [0.2, 0.25) is 0 Å². The van der Waals surface area contributed by atoms with Gasteiger partial charge in [-0.1, -0.05) is 91.7 Å². The van der Waals surface area contributed by atoms with E-state index in [2.05, 4.69) is 79.7 Å². The molecule has 4 aliphatic heterocycles. The first-order valence-electron chi connectivity index (χ1n) is 27.0. The second-order valence-electron chi connectivity index (χ2n) is 28.2. The molecule has 24 unspecified atom stereocenters. The van der Waals surface area contributed by atoms with Crippen LogP contribution >= 0.6 is 0 Å². The maximum atomic E-state index is 12.0. The molecule has 68 heavy (non-hydrogen) atoms. The molecule has 2 spiro atoms. The van der Waals surface area contributed by atoms with Crippen molar-refractivity contribution in [2.24, 2.45) is 74.4 Å².